The first kappa shape index (κ1) is 23.0. The summed E-state index contributed by atoms with van der Waals surface area (Å²) in [6, 6.07) is 2.25. The molecule has 0 amide bonds. The summed E-state index contributed by atoms with van der Waals surface area (Å²) in [4.78, 5) is 24.8. The third-order valence-corrected chi connectivity index (χ3v) is 7.07. The number of alkyl halides is 2. The molecule has 4 heterocycles. The van der Waals surface area contributed by atoms with Crippen molar-refractivity contribution in [1.29, 1.82) is 0 Å². The van der Waals surface area contributed by atoms with E-state index in [9.17, 15) is 8.78 Å². The van der Waals surface area contributed by atoms with Crippen LogP contribution in [0, 0.1) is 0 Å². The molecule has 1 aliphatic heterocycles. The summed E-state index contributed by atoms with van der Waals surface area (Å²) in [5, 5.41) is 3.76. The lowest BCUT2D eigenvalue weighted by atomic mass is 9.98. The third kappa shape index (κ3) is 6.01. The summed E-state index contributed by atoms with van der Waals surface area (Å²) in [5.74, 6) is -2.11. The lowest BCUT2D eigenvalue weighted by Crippen LogP contribution is -2.38. The van der Waals surface area contributed by atoms with Gasteiger partial charge in [0.15, 0.2) is 5.13 Å². The average Bonchev–Trinajstić information content (AvgIpc) is 3.31. The van der Waals surface area contributed by atoms with Crippen molar-refractivity contribution in [3.8, 4) is 16.6 Å². The van der Waals surface area contributed by atoms with Crippen LogP contribution < -0.4 is 10.1 Å². The molecule has 0 atom stereocenters. The molecule has 0 spiro atoms. The number of anilines is 2. The van der Waals surface area contributed by atoms with Gasteiger partial charge in [0.25, 0.3) is 5.92 Å². The van der Waals surface area contributed by atoms with Crippen LogP contribution >= 0.6 is 11.3 Å². The predicted octanol–water partition coefficient (Wildman–Crippen LogP) is 5.08. The summed E-state index contributed by atoms with van der Waals surface area (Å²) in [6.07, 6.45) is 12.6. The Morgan fingerprint density at radius 1 is 1.03 bits per heavy atom. The van der Waals surface area contributed by atoms with Gasteiger partial charge in [0, 0.05) is 62.8 Å². The van der Waals surface area contributed by atoms with Crippen LogP contribution in [0.2, 0.25) is 0 Å². The van der Waals surface area contributed by atoms with Gasteiger partial charge in [-0.3, -0.25) is 4.90 Å². The van der Waals surface area contributed by atoms with Gasteiger partial charge in [-0.05, 0) is 31.7 Å². The summed E-state index contributed by atoms with van der Waals surface area (Å²) in [6.45, 7) is 1.33. The highest BCUT2D eigenvalue weighted by Gasteiger charge is 2.33. The summed E-state index contributed by atoms with van der Waals surface area (Å²) in [7, 11) is 0. The van der Waals surface area contributed by atoms with Crippen LogP contribution in [0.3, 0.4) is 0 Å². The molecule has 0 radical (unpaired) electrons. The van der Waals surface area contributed by atoms with Crippen molar-refractivity contribution in [1.82, 2.24) is 29.8 Å². The number of nitrogens with one attached hydrogen (secondary N) is 1. The van der Waals surface area contributed by atoms with Crippen molar-refractivity contribution < 1.29 is 13.5 Å². The number of nitrogens with zero attached hydrogens (tertiary/aromatic N) is 6. The molecule has 180 valence electrons. The largest absolute Gasteiger partial charge is 0.460 e. The minimum absolute atomic E-state index is 0.0968. The smallest absolute Gasteiger partial charge is 0.317 e. The fraction of sp³-hybridized carbons (Fsp3) is 0.522. The van der Waals surface area contributed by atoms with Crippen LogP contribution in [0.1, 0.15) is 50.5 Å². The molecule has 11 heteroatoms. The van der Waals surface area contributed by atoms with E-state index in [0.717, 1.165) is 29.0 Å². The van der Waals surface area contributed by atoms with Crippen LogP contribution in [0.5, 0.6) is 6.01 Å². The minimum Gasteiger partial charge on any atom is -0.460 e. The topological polar surface area (TPSA) is 89.0 Å². The van der Waals surface area contributed by atoms with E-state index >= 15 is 0 Å². The normalized spacial score (nSPS) is 19.1. The number of rotatable bonds is 7. The fourth-order valence-corrected chi connectivity index (χ4v) is 4.99. The van der Waals surface area contributed by atoms with Gasteiger partial charge in [-0.2, -0.15) is 4.98 Å². The number of piperidine rings is 1. The Balaban J connectivity index is 1.17. The highest BCUT2D eigenvalue weighted by atomic mass is 32.1. The second-order valence-corrected chi connectivity index (χ2v) is 9.83. The molecule has 3 aromatic rings. The Labute approximate surface area is 200 Å². The highest BCUT2D eigenvalue weighted by molar-refractivity contribution is 7.18. The van der Waals surface area contributed by atoms with Gasteiger partial charge in [0.05, 0.1) is 10.6 Å². The van der Waals surface area contributed by atoms with Gasteiger partial charge in [0.1, 0.15) is 6.10 Å². The molecule has 1 N–H and O–H groups in total. The molecule has 5 rings (SSSR count). The molecular weight excluding hydrogens is 460 g/mol. The number of halogens is 2. The van der Waals surface area contributed by atoms with E-state index < -0.39 is 5.92 Å². The maximum absolute atomic E-state index is 13.3. The molecule has 0 bridgehead atoms. The third-order valence-electron chi connectivity index (χ3n) is 6.13. The van der Waals surface area contributed by atoms with Crippen molar-refractivity contribution >= 4 is 22.4 Å². The summed E-state index contributed by atoms with van der Waals surface area (Å²) >= 11 is 1.44. The van der Waals surface area contributed by atoms with Gasteiger partial charge in [-0.1, -0.05) is 17.8 Å². The van der Waals surface area contributed by atoms with Crippen LogP contribution in [0.25, 0.3) is 10.6 Å². The number of aromatic nitrogens is 5. The maximum Gasteiger partial charge on any atom is 0.317 e. The van der Waals surface area contributed by atoms with E-state index in [0.29, 0.717) is 36.7 Å². The molecule has 3 aromatic heterocycles. The van der Waals surface area contributed by atoms with E-state index in [1.807, 2.05) is 11.0 Å². The molecule has 1 aliphatic carbocycles. The Morgan fingerprint density at radius 2 is 1.79 bits per heavy atom. The predicted molar refractivity (Wildman–Crippen MR) is 125 cm³/mol. The zero-order chi connectivity index (χ0) is 23.4. The molecule has 1 saturated heterocycles. The zero-order valence-corrected chi connectivity index (χ0v) is 19.6. The van der Waals surface area contributed by atoms with Crippen LogP contribution in [0.15, 0.2) is 30.9 Å². The van der Waals surface area contributed by atoms with Crippen LogP contribution in [-0.2, 0) is 6.54 Å². The van der Waals surface area contributed by atoms with E-state index in [1.54, 1.807) is 24.8 Å². The van der Waals surface area contributed by atoms with E-state index in [4.69, 9.17) is 4.74 Å². The number of ether oxygens (including phenoxy) is 1. The molecule has 0 aromatic carbocycles. The van der Waals surface area contributed by atoms with Gasteiger partial charge in [-0.15, -0.1) is 0 Å². The first-order valence-electron chi connectivity index (χ1n) is 11.7. The Hall–Kier alpha value is -2.79. The molecule has 1 saturated carbocycles. The monoisotopic (exact) mass is 487 g/mol. The van der Waals surface area contributed by atoms with Gasteiger partial charge >= 0.3 is 6.01 Å². The molecule has 2 aliphatic rings. The lowest BCUT2D eigenvalue weighted by molar-refractivity contribution is -0.0566. The van der Waals surface area contributed by atoms with Crippen LogP contribution in [0.4, 0.5) is 19.9 Å². The lowest BCUT2D eigenvalue weighted by Gasteiger charge is -2.31. The van der Waals surface area contributed by atoms with Crippen molar-refractivity contribution in [3.63, 3.8) is 0 Å². The second-order valence-electron chi connectivity index (χ2n) is 8.80. The van der Waals surface area contributed by atoms with Gasteiger partial charge in [0.2, 0.25) is 5.95 Å². The average molecular weight is 488 g/mol. The number of likely N-dealkylation sites (tertiary alicyclic amines) is 1. The van der Waals surface area contributed by atoms with Crippen molar-refractivity contribution in [2.24, 2.45) is 0 Å². The molecule has 0 unspecified atom stereocenters. The van der Waals surface area contributed by atoms with E-state index in [1.165, 1.54) is 30.6 Å². The second kappa shape index (κ2) is 10.2. The van der Waals surface area contributed by atoms with Gasteiger partial charge < -0.3 is 10.1 Å². The first-order valence-corrected chi connectivity index (χ1v) is 12.5. The van der Waals surface area contributed by atoms with Crippen LogP contribution in [-0.4, -0.2) is 54.9 Å². The highest BCUT2D eigenvalue weighted by Crippen LogP contribution is 2.31. The molecule has 2 fully saturated rings. The number of thiazole rings is 1. The summed E-state index contributed by atoms with van der Waals surface area (Å²) < 4.78 is 32.6. The SMILES string of the molecule is FC1(F)CCN(Cc2cnc(Nc3ncc(-c4ccnc(OC5CCCCC5)n4)s3)nc2)CC1. The Morgan fingerprint density at radius 3 is 2.56 bits per heavy atom. The quantitative estimate of drug-likeness (QED) is 0.494. The number of hydrogen-bond acceptors (Lipinski definition) is 9. The van der Waals surface area contributed by atoms with Gasteiger partial charge in [-0.25, -0.2) is 28.7 Å². The standard InChI is InChI=1S/C23H27F2N7OS/c24-23(25)7-10-32(11-8-23)15-16-12-27-20(28-13-16)31-22-29-14-19(34-22)18-6-9-26-21(30-18)33-17-4-2-1-3-5-17/h6,9,12-14,17H,1-5,7-8,10-11,15H2,(H,27,28,29,31). The molecule has 8 nitrogen and oxygen atoms in total. The van der Waals surface area contributed by atoms with Crippen molar-refractivity contribution in [2.75, 3.05) is 18.4 Å². The zero-order valence-electron chi connectivity index (χ0n) is 18.8. The fourth-order valence-electron chi connectivity index (χ4n) is 4.21. The number of hydrogen-bond donors (Lipinski definition) is 1. The maximum atomic E-state index is 13.3. The van der Waals surface area contributed by atoms with Crippen molar-refractivity contribution in [2.45, 2.75) is 63.5 Å². The minimum atomic E-state index is -2.54. The Kier molecular flexibility index (Phi) is 6.91. The molecular formula is C23H27F2N7OS. The summed E-state index contributed by atoms with van der Waals surface area (Å²) in [5.41, 5.74) is 1.65. The van der Waals surface area contributed by atoms with E-state index in [-0.39, 0.29) is 18.9 Å². The van der Waals surface area contributed by atoms with E-state index in [2.05, 4.69) is 30.2 Å². The molecule has 34 heavy (non-hydrogen) atoms. The van der Waals surface area contributed by atoms with Crippen molar-refractivity contribution in [3.05, 3.63) is 36.4 Å². The Bertz CT molecular complexity index is 1080. The first-order chi connectivity index (χ1) is 16.5.